The van der Waals surface area contributed by atoms with Crippen LogP contribution in [0.4, 0.5) is 0 Å². The SMILES string of the molecule is CCC(C)(CN)Oc1cccc(C)c1C. The molecule has 0 aromatic heterocycles. The van der Waals surface area contributed by atoms with Gasteiger partial charge < -0.3 is 10.5 Å². The molecule has 0 aliphatic heterocycles. The van der Waals surface area contributed by atoms with E-state index in [1.165, 1.54) is 11.1 Å². The van der Waals surface area contributed by atoms with Crippen molar-refractivity contribution in [2.45, 2.75) is 39.7 Å². The van der Waals surface area contributed by atoms with Gasteiger partial charge in [0.05, 0.1) is 0 Å². The third kappa shape index (κ3) is 2.72. The minimum Gasteiger partial charge on any atom is -0.486 e. The molecule has 1 aromatic carbocycles. The molecule has 1 unspecified atom stereocenters. The quantitative estimate of drug-likeness (QED) is 0.824. The second-order valence-electron chi connectivity index (χ2n) is 4.31. The fraction of sp³-hybridized carbons (Fsp3) is 0.538. The Hall–Kier alpha value is -1.02. The topological polar surface area (TPSA) is 35.2 Å². The summed E-state index contributed by atoms with van der Waals surface area (Å²) in [7, 11) is 0. The van der Waals surface area contributed by atoms with Crippen molar-refractivity contribution in [3.8, 4) is 5.75 Å². The summed E-state index contributed by atoms with van der Waals surface area (Å²) in [6.45, 7) is 8.86. The summed E-state index contributed by atoms with van der Waals surface area (Å²) in [5.74, 6) is 0.949. The van der Waals surface area contributed by atoms with Gasteiger partial charge in [0.2, 0.25) is 0 Å². The van der Waals surface area contributed by atoms with Crippen molar-refractivity contribution in [1.82, 2.24) is 0 Å². The molecule has 0 fully saturated rings. The zero-order valence-electron chi connectivity index (χ0n) is 10.1. The van der Waals surface area contributed by atoms with Crippen LogP contribution in [0.5, 0.6) is 5.75 Å². The van der Waals surface area contributed by atoms with Gasteiger partial charge in [0.15, 0.2) is 0 Å². The van der Waals surface area contributed by atoms with Gasteiger partial charge in [-0.1, -0.05) is 19.1 Å². The Morgan fingerprint density at radius 1 is 1.33 bits per heavy atom. The van der Waals surface area contributed by atoms with Crippen LogP contribution in [0, 0.1) is 13.8 Å². The largest absolute Gasteiger partial charge is 0.486 e. The minimum absolute atomic E-state index is 0.251. The van der Waals surface area contributed by atoms with Crippen molar-refractivity contribution in [3.63, 3.8) is 0 Å². The van der Waals surface area contributed by atoms with Gasteiger partial charge in [-0.25, -0.2) is 0 Å². The number of hydrogen-bond acceptors (Lipinski definition) is 2. The van der Waals surface area contributed by atoms with Crippen molar-refractivity contribution < 1.29 is 4.74 Å². The zero-order chi connectivity index (χ0) is 11.5. The molecule has 84 valence electrons. The van der Waals surface area contributed by atoms with Gasteiger partial charge in [-0.3, -0.25) is 0 Å². The Morgan fingerprint density at radius 3 is 2.53 bits per heavy atom. The summed E-state index contributed by atoms with van der Waals surface area (Å²) in [6.07, 6.45) is 0.914. The molecule has 1 aromatic rings. The monoisotopic (exact) mass is 207 g/mol. The molecule has 0 amide bonds. The number of aryl methyl sites for hydroxylation is 1. The van der Waals surface area contributed by atoms with E-state index in [0.717, 1.165) is 12.2 Å². The van der Waals surface area contributed by atoms with Gasteiger partial charge in [0, 0.05) is 6.54 Å². The molecule has 0 saturated heterocycles. The van der Waals surface area contributed by atoms with E-state index in [1.54, 1.807) is 0 Å². The zero-order valence-corrected chi connectivity index (χ0v) is 10.1. The van der Waals surface area contributed by atoms with Crippen LogP contribution in [0.15, 0.2) is 18.2 Å². The molecule has 1 rings (SSSR count). The Balaban J connectivity index is 2.94. The minimum atomic E-state index is -0.251. The molecule has 2 nitrogen and oxygen atoms in total. The van der Waals surface area contributed by atoms with Crippen LogP contribution in [-0.4, -0.2) is 12.1 Å². The lowest BCUT2D eigenvalue weighted by atomic mass is 10.0. The average molecular weight is 207 g/mol. The van der Waals surface area contributed by atoms with Gasteiger partial charge in [-0.05, 0) is 44.4 Å². The van der Waals surface area contributed by atoms with Crippen molar-refractivity contribution in [3.05, 3.63) is 29.3 Å². The van der Waals surface area contributed by atoms with Gasteiger partial charge in [0.25, 0.3) is 0 Å². The van der Waals surface area contributed by atoms with E-state index in [4.69, 9.17) is 10.5 Å². The Bertz CT molecular complexity index is 329. The molecule has 2 N–H and O–H groups in total. The maximum atomic E-state index is 5.99. The first kappa shape index (κ1) is 12.1. The predicted molar refractivity (Wildman–Crippen MR) is 64.3 cm³/mol. The lowest BCUT2D eigenvalue weighted by Gasteiger charge is -2.29. The molecule has 0 radical (unpaired) electrons. The van der Waals surface area contributed by atoms with Gasteiger partial charge >= 0.3 is 0 Å². The van der Waals surface area contributed by atoms with Crippen LogP contribution < -0.4 is 10.5 Å². The molecular weight excluding hydrogens is 186 g/mol. The van der Waals surface area contributed by atoms with Crippen LogP contribution in [0.25, 0.3) is 0 Å². The molecule has 0 bridgehead atoms. The highest BCUT2D eigenvalue weighted by Gasteiger charge is 2.22. The summed E-state index contributed by atoms with van der Waals surface area (Å²) >= 11 is 0. The molecule has 0 heterocycles. The maximum absolute atomic E-state index is 5.99. The van der Waals surface area contributed by atoms with E-state index in [1.807, 2.05) is 12.1 Å². The van der Waals surface area contributed by atoms with E-state index in [9.17, 15) is 0 Å². The normalized spacial score (nSPS) is 14.7. The third-order valence-corrected chi connectivity index (χ3v) is 3.09. The maximum Gasteiger partial charge on any atom is 0.123 e. The van der Waals surface area contributed by atoms with Gasteiger partial charge in [-0.15, -0.1) is 0 Å². The molecule has 0 spiro atoms. The molecule has 2 heteroatoms. The summed E-state index contributed by atoms with van der Waals surface area (Å²) in [6, 6.07) is 6.12. The second kappa shape index (κ2) is 4.67. The first-order chi connectivity index (χ1) is 7.02. The van der Waals surface area contributed by atoms with Crippen LogP contribution >= 0.6 is 0 Å². The first-order valence-electron chi connectivity index (χ1n) is 5.47. The third-order valence-electron chi connectivity index (χ3n) is 3.09. The molecule has 0 aliphatic carbocycles. The highest BCUT2D eigenvalue weighted by Crippen LogP contribution is 2.26. The Labute approximate surface area is 92.4 Å². The van der Waals surface area contributed by atoms with Gasteiger partial charge in [-0.2, -0.15) is 0 Å². The molecule has 0 aliphatic rings. The fourth-order valence-corrected chi connectivity index (χ4v) is 1.36. The van der Waals surface area contributed by atoms with E-state index >= 15 is 0 Å². The fourth-order valence-electron chi connectivity index (χ4n) is 1.36. The smallest absolute Gasteiger partial charge is 0.123 e. The first-order valence-corrected chi connectivity index (χ1v) is 5.47. The summed E-state index contributed by atoms with van der Waals surface area (Å²) in [5.41, 5.74) is 7.93. The lowest BCUT2D eigenvalue weighted by Crippen LogP contribution is -2.40. The van der Waals surface area contributed by atoms with Crippen LogP contribution in [0.2, 0.25) is 0 Å². The number of hydrogen-bond donors (Lipinski definition) is 1. The molecule has 0 saturated carbocycles. The lowest BCUT2D eigenvalue weighted by molar-refractivity contribution is 0.0926. The number of rotatable bonds is 4. The molecular formula is C13H21NO. The number of nitrogens with two attached hydrogens (primary N) is 1. The van der Waals surface area contributed by atoms with Crippen molar-refractivity contribution in [1.29, 1.82) is 0 Å². The van der Waals surface area contributed by atoms with Crippen LogP contribution in [0.3, 0.4) is 0 Å². The van der Waals surface area contributed by atoms with Crippen molar-refractivity contribution >= 4 is 0 Å². The van der Waals surface area contributed by atoms with Crippen molar-refractivity contribution in [2.24, 2.45) is 5.73 Å². The number of benzene rings is 1. The highest BCUT2D eigenvalue weighted by molar-refractivity contribution is 5.38. The van der Waals surface area contributed by atoms with E-state index < -0.39 is 0 Å². The summed E-state index contributed by atoms with van der Waals surface area (Å²) in [4.78, 5) is 0. The molecule has 15 heavy (non-hydrogen) atoms. The average Bonchev–Trinajstić information content (AvgIpc) is 2.25. The van der Waals surface area contributed by atoms with E-state index in [2.05, 4.69) is 33.8 Å². The van der Waals surface area contributed by atoms with Crippen LogP contribution in [0.1, 0.15) is 31.4 Å². The summed E-state index contributed by atoms with van der Waals surface area (Å²) < 4.78 is 5.99. The Morgan fingerprint density at radius 2 is 2.00 bits per heavy atom. The van der Waals surface area contributed by atoms with Gasteiger partial charge in [0.1, 0.15) is 11.4 Å². The highest BCUT2D eigenvalue weighted by atomic mass is 16.5. The molecule has 1 atom stereocenters. The van der Waals surface area contributed by atoms with Crippen molar-refractivity contribution in [2.75, 3.05) is 6.54 Å². The van der Waals surface area contributed by atoms with Crippen LogP contribution in [-0.2, 0) is 0 Å². The van der Waals surface area contributed by atoms with E-state index in [-0.39, 0.29) is 5.60 Å². The second-order valence-corrected chi connectivity index (χ2v) is 4.31. The number of ether oxygens (including phenoxy) is 1. The predicted octanol–water partition coefficient (Wildman–Crippen LogP) is 2.81. The Kier molecular flexibility index (Phi) is 3.75. The van der Waals surface area contributed by atoms with E-state index in [0.29, 0.717) is 6.54 Å². The standard InChI is InChI=1S/C13H21NO/c1-5-13(4,9-14)15-12-8-6-7-10(2)11(12)3/h6-8H,5,9,14H2,1-4H3. The summed E-state index contributed by atoms with van der Waals surface area (Å²) in [5, 5.41) is 0.